The van der Waals surface area contributed by atoms with Crippen molar-refractivity contribution in [2.24, 2.45) is 16.2 Å². The van der Waals surface area contributed by atoms with Gasteiger partial charge in [-0.1, -0.05) is 0 Å². The zero-order valence-electron chi connectivity index (χ0n) is 61.4. The predicted molar refractivity (Wildman–Crippen MR) is 373 cm³/mol. The zero-order valence-corrected chi connectivity index (χ0v) is 62.2. The number of aliphatic hydroxyl groups excluding tert-OH is 3. The highest BCUT2D eigenvalue weighted by Crippen LogP contribution is 2.70. The van der Waals surface area contributed by atoms with Crippen LogP contribution in [0.4, 0.5) is 35.1 Å². The lowest BCUT2D eigenvalue weighted by atomic mass is 9.76. The summed E-state index contributed by atoms with van der Waals surface area (Å²) in [6.07, 6.45) is -0.684. The Morgan fingerprint density at radius 1 is 0.504 bits per heavy atom. The molecule has 620 valence electrons. The number of carbonyl (C=O) groups excluding carboxylic acids is 6. The maximum atomic E-state index is 14.7. The normalized spacial score (nSPS) is 30.2. The van der Waals surface area contributed by atoms with Gasteiger partial charge in [-0.15, -0.1) is 0 Å². The highest BCUT2D eigenvalue weighted by molar-refractivity contribution is 7.86. The number of hydrogen-bond donors (Lipinski definition) is 9. The van der Waals surface area contributed by atoms with Gasteiger partial charge in [0.05, 0.1) is 44.2 Å². The molecule has 7 aliphatic heterocycles. The maximum absolute atomic E-state index is 14.7. The van der Waals surface area contributed by atoms with E-state index in [-0.39, 0.29) is 95.5 Å². The summed E-state index contributed by atoms with van der Waals surface area (Å²) >= 11 is 0. The summed E-state index contributed by atoms with van der Waals surface area (Å²) in [5, 5.41) is 68.1. The monoisotopic (exact) mass is 1660 g/mol. The number of rotatable bonds is 14. The van der Waals surface area contributed by atoms with Gasteiger partial charge in [0.1, 0.15) is 69.9 Å². The fourth-order valence-corrected chi connectivity index (χ4v) is 18.8. The molecule has 3 aromatic heterocycles. The molecule has 6 amide bonds. The minimum Gasteiger partial charge on any atom is -0.503 e. The van der Waals surface area contributed by atoms with Crippen molar-refractivity contribution in [3.8, 4) is 23.0 Å². The molecule has 3 spiro atoms. The number of aromatic nitrogens is 3. The van der Waals surface area contributed by atoms with Gasteiger partial charge in [-0.2, -0.15) is 8.42 Å². The third-order valence-electron chi connectivity index (χ3n) is 25.1. The minimum atomic E-state index is -4.37. The maximum Gasteiger partial charge on any atom is 0.335 e. The largest absolute Gasteiger partial charge is 0.503 e. The molecule has 33 nitrogen and oxygen atoms in total. The summed E-state index contributed by atoms with van der Waals surface area (Å²) in [7, 11) is -4.37. The van der Waals surface area contributed by atoms with E-state index in [9.17, 15) is 122 Å². The number of aliphatic hydroxyl groups is 3. The van der Waals surface area contributed by atoms with Crippen LogP contribution in [0.2, 0.25) is 0 Å². The van der Waals surface area contributed by atoms with Gasteiger partial charge in [0, 0.05) is 107 Å². The van der Waals surface area contributed by atoms with Crippen LogP contribution in [0.15, 0.2) is 57.2 Å². The van der Waals surface area contributed by atoms with Gasteiger partial charge < -0.3 is 103 Å². The van der Waals surface area contributed by atoms with Crippen molar-refractivity contribution in [3.63, 3.8) is 0 Å². The van der Waals surface area contributed by atoms with Crippen LogP contribution in [-0.4, -0.2) is 201 Å². The van der Waals surface area contributed by atoms with E-state index in [1.165, 1.54) is 25.5 Å². The molecular weight excluding hydrogens is 1590 g/mol. The molecule has 117 heavy (non-hydrogen) atoms. The van der Waals surface area contributed by atoms with Crippen LogP contribution < -0.4 is 41.2 Å². The average molecular weight is 1660 g/mol. The molecule has 10 heterocycles. The van der Waals surface area contributed by atoms with Gasteiger partial charge in [-0.05, 0) is 89.3 Å². The lowest BCUT2D eigenvalue weighted by Gasteiger charge is -2.51. The number of amides is 6. The van der Waals surface area contributed by atoms with E-state index >= 15 is 0 Å². The summed E-state index contributed by atoms with van der Waals surface area (Å²) in [4.78, 5) is 135. The summed E-state index contributed by atoms with van der Waals surface area (Å²) in [5.41, 5.74) is -8.25. The van der Waals surface area contributed by atoms with Gasteiger partial charge in [0.25, 0.3) is 35.4 Å². The first-order valence-electron chi connectivity index (χ1n) is 37.0. The molecule has 0 bridgehead atoms. The number of carboxylic acids is 1. The fraction of sp³-hybridized carbons (Fsp3) is 0.467. The van der Waals surface area contributed by atoms with Crippen LogP contribution in [0.25, 0.3) is 0 Å². The SMILES string of the molecule is CS(=O)(=O)Oc1c(F)cc(F)c(CNC(=O)c2cn3c(c(O)c2=O)C(=O)N2[C@@H](C3)O[C@@H]3CCC34C[C@@H]24)c1F.Cc1c(F)cc(F)c(CNC(=O)c2cn3c(c(O)c2=O)C(=O)N2[C@@H](C3)O[C@@H]3CCC34C[C@@H]24)c1F.Cc1cc(F)c(CNC(=O)c2cn3c(c(O[C@@H]4O[C@H](C(=O)O)[C@@H](O)[C@H](O)[C@H]4O)c2=O)C(=O)N2[C@@H](C3)O[C@@H]3CCC34C[C@@H]24)c(F)c1. The van der Waals surface area contributed by atoms with Crippen molar-refractivity contribution in [2.75, 3.05) is 6.26 Å². The molecule has 6 aliphatic carbocycles. The second-order valence-corrected chi connectivity index (χ2v) is 33.2. The van der Waals surface area contributed by atoms with Crippen LogP contribution in [-0.2, 0) is 73.1 Å². The Morgan fingerprint density at radius 2 is 0.889 bits per heavy atom. The van der Waals surface area contributed by atoms with Crippen molar-refractivity contribution in [1.82, 2.24) is 44.4 Å². The van der Waals surface area contributed by atoms with Gasteiger partial charge in [0.15, 0.2) is 70.8 Å². The van der Waals surface area contributed by atoms with Gasteiger partial charge >= 0.3 is 16.1 Å². The van der Waals surface area contributed by atoms with E-state index in [4.69, 9.17) is 23.7 Å². The number of aromatic hydroxyl groups is 2. The van der Waals surface area contributed by atoms with E-state index in [0.717, 1.165) is 89.0 Å². The Morgan fingerprint density at radius 3 is 1.30 bits per heavy atom. The number of nitrogens with zero attached hydrogens (tertiary/aromatic N) is 6. The van der Waals surface area contributed by atoms with Crippen LogP contribution in [0.5, 0.6) is 23.0 Å². The topological polar surface area (TPSA) is 442 Å². The second kappa shape index (κ2) is 27.6. The first-order chi connectivity index (χ1) is 55.3. The Bertz CT molecular complexity index is 5730. The lowest BCUT2D eigenvalue weighted by Crippen LogP contribution is -2.62. The van der Waals surface area contributed by atoms with Gasteiger partial charge in [-0.25, -0.2) is 39.9 Å². The van der Waals surface area contributed by atoms with Crippen LogP contribution in [0, 0.1) is 76.6 Å². The molecule has 4 saturated heterocycles. The molecule has 17 atom stereocenters. The van der Waals surface area contributed by atoms with Crippen molar-refractivity contribution in [1.29, 1.82) is 0 Å². The predicted octanol–water partition coefficient (Wildman–Crippen LogP) is 2.28. The molecule has 6 aromatic rings. The van der Waals surface area contributed by atoms with Gasteiger partial charge in [0.2, 0.25) is 28.3 Å². The van der Waals surface area contributed by atoms with E-state index in [1.807, 2.05) is 0 Å². The standard InChI is InChI=1S/C29H29F2N3O11.C23H20F3N3O8S.C23H20F3N3O5/c1-10-4-13(30)11(14(31)5-10)7-32-25(39)12-8-33-9-17-34(15-6-29(15)3-2-16(29)43-17)26(40)18(33)23(19(12)35)44-28-22(38)20(36)21(37)24(45-28)27(41)42;1-38(34,35)37-20-12(25)4-11(24)9(16(20)26)6-27-21(32)10-7-28-8-15-29(22(33)17(28)19(31)18(10)30)13-5-23(13)3-2-14(23)36-15;1-9-12(24)4-13(25)10(17(9)26)6-27-21(32)11-7-28-8-16-29(22(33)18(28)20(31)19(11)30)14-5-23(14)3-2-15(23)34-16/h4-5,8,15-17,20-22,24,28,36-38H,2-3,6-7,9H2,1H3,(H,32,39)(H,41,42);4,7,13-15,31H,2-3,5-6,8H2,1H3,(H,27,32);4,7,14-16,31H,2-3,5-6,8H2,1H3,(H,27,32)/t15-,16-,17-,20+,21+,22-,24+,28-,29?;13-,14-,15-,23?;14-,15-,16-,23?/m111/s1. The molecule has 6 saturated carbocycles. The zero-order chi connectivity index (χ0) is 83.5. The van der Waals surface area contributed by atoms with E-state index in [0.29, 0.717) is 24.3 Å². The number of aryl methyl sites for hydroxylation is 1. The Hall–Kier alpha value is -10.9. The number of carbonyl (C=O) groups is 7. The Labute approximate surface area is 652 Å². The minimum absolute atomic E-state index is 0.00662. The second-order valence-electron chi connectivity index (χ2n) is 31.6. The molecule has 3 aromatic carbocycles. The average Bonchev–Trinajstić information content (AvgIpc) is 1.52. The van der Waals surface area contributed by atoms with Crippen molar-refractivity contribution in [3.05, 3.63) is 182 Å². The molecule has 42 heteroatoms. The summed E-state index contributed by atoms with van der Waals surface area (Å²) in [6.45, 7) is 0.549. The Balaban J connectivity index is 0.000000127. The van der Waals surface area contributed by atoms with E-state index in [1.54, 1.807) is 9.80 Å². The molecule has 13 aliphatic rings. The molecule has 3 unspecified atom stereocenters. The number of fused-ring (bicyclic) bond motifs is 9. The van der Waals surface area contributed by atoms with E-state index < -0.39 is 245 Å². The molecule has 19 rings (SSSR count). The number of ether oxygens (including phenoxy) is 5. The van der Waals surface area contributed by atoms with Crippen molar-refractivity contribution >= 4 is 51.5 Å². The number of pyridine rings is 3. The summed E-state index contributed by atoms with van der Waals surface area (Å²) < 4.78 is 173. The number of nitrogens with one attached hydrogen (secondary N) is 3. The summed E-state index contributed by atoms with van der Waals surface area (Å²) in [6, 6.07) is 2.69. The van der Waals surface area contributed by atoms with Crippen LogP contribution >= 0.6 is 0 Å². The van der Waals surface area contributed by atoms with Crippen molar-refractivity contribution in [2.45, 2.75) is 197 Å². The highest BCUT2D eigenvalue weighted by Gasteiger charge is 2.75. The fourth-order valence-electron chi connectivity index (χ4n) is 18.3. The smallest absolute Gasteiger partial charge is 0.335 e. The third-order valence-corrected chi connectivity index (χ3v) is 25.6. The quantitative estimate of drug-likeness (QED) is 0.0558. The first-order valence-corrected chi connectivity index (χ1v) is 38.8. The van der Waals surface area contributed by atoms with Crippen LogP contribution in [0.1, 0.15) is 148 Å². The first kappa shape index (κ1) is 78.6. The van der Waals surface area contributed by atoms with E-state index in [2.05, 4.69) is 20.1 Å². The number of aliphatic carboxylic acids is 1. The number of hydrogen-bond acceptors (Lipinski definition) is 23. The highest BCUT2D eigenvalue weighted by atomic mass is 32.2. The van der Waals surface area contributed by atoms with Crippen molar-refractivity contribution < 1.29 is 136 Å². The number of carboxylic acid groups (broad SMARTS) is 1. The Kier molecular flexibility index (Phi) is 18.6. The molecule has 9 N–H and O–H groups in total. The molecule has 10 fully saturated rings. The third kappa shape index (κ3) is 12.4. The number of halogens is 8. The molecule has 0 radical (unpaired) electrons. The van der Waals surface area contributed by atoms with Crippen LogP contribution in [0.3, 0.4) is 0 Å². The lowest BCUT2D eigenvalue weighted by molar-refractivity contribution is -0.271. The molecular formula is C75H69F8N9O24S. The van der Waals surface area contributed by atoms with Gasteiger partial charge in [-0.3, -0.25) is 43.2 Å². The number of benzene rings is 3. The summed E-state index contributed by atoms with van der Waals surface area (Å²) in [5.74, 6) is -20.7.